The van der Waals surface area contributed by atoms with Gasteiger partial charge in [-0.2, -0.15) is 0 Å². The summed E-state index contributed by atoms with van der Waals surface area (Å²) in [4.78, 5) is 16.3. The van der Waals surface area contributed by atoms with Crippen LogP contribution in [0.1, 0.15) is 58.8 Å². The van der Waals surface area contributed by atoms with E-state index in [-0.39, 0.29) is 0 Å². The standard InChI is InChI=1S/C16H30N2O/c1-3-5-6-7-10-17-11-8-16(9-12-17)13-18(14-16)15(19)4-2/h3-14H2,1-2H3. The smallest absolute Gasteiger partial charge is 0.222 e. The predicted molar refractivity (Wildman–Crippen MR) is 79.1 cm³/mol. The molecular weight excluding hydrogens is 236 g/mol. The molecule has 0 saturated carbocycles. The molecule has 3 nitrogen and oxygen atoms in total. The number of piperidine rings is 1. The number of carbonyl (C=O) groups excluding carboxylic acids is 1. The van der Waals surface area contributed by atoms with E-state index in [2.05, 4.69) is 16.7 Å². The number of likely N-dealkylation sites (tertiary alicyclic amines) is 2. The van der Waals surface area contributed by atoms with Crippen molar-refractivity contribution in [1.82, 2.24) is 9.80 Å². The second kappa shape index (κ2) is 6.74. The van der Waals surface area contributed by atoms with Crippen LogP contribution in [0.4, 0.5) is 0 Å². The summed E-state index contributed by atoms with van der Waals surface area (Å²) in [5.41, 5.74) is 0.491. The summed E-state index contributed by atoms with van der Waals surface area (Å²) in [5.74, 6) is 0.340. The molecule has 2 fully saturated rings. The van der Waals surface area contributed by atoms with Gasteiger partial charge >= 0.3 is 0 Å². The first-order valence-electron chi connectivity index (χ1n) is 8.19. The molecule has 0 atom stereocenters. The van der Waals surface area contributed by atoms with Gasteiger partial charge in [0.2, 0.25) is 5.91 Å². The highest BCUT2D eigenvalue weighted by Crippen LogP contribution is 2.40. The summed E-state index contributed by atoms with van der Waals surface area (Å²) in [6.45, 7) is 10.1. The highest BCUT2D eigenvalue weighted by Gasteiger charge is 2.45. The summed E-state index contributed by atoms with van der Waals surface area (Å²) in [7, 11) is 0. The lowest BCUT2D eigenvalue weighted by Crippen LogP contribution is -2.61. The zero-order chi connectivity index (χ0) is 13.7. The minimum atomic E-state index is 0.340. The first-order valence-corrected chi connectivity index (χ1v) is 8.19. The van der Waals surface area contributed by atoms with Crippen molar-refractivity contribution in [1.29, 1.82) is 0 Å². The maximum absolute atomic E-state index is 11.6. The monoisotopic (exact) mass is 266 g/mol. The van der Waals surface area contributed by atoms with Gasteiger partial charge in [-0.3, -0.25) is 4.79 Å². The molecule has 2 saturated heterocycles. The van der Waals surface area contributed by atoms with Crippen molar-refractivity contribution in [2.24, 2.45) is 5.41 Å². The molecule has 0 bridgehead atoms. The first kappa shape index (κ1) is 14.8. The van der Waals surface area contributed by atoms with Crippen molar-refractivity contribution in [3.8, 4) is 0 Å². The van der Waals surface area contributed by atoms with Crippen LogP contribution >= 0.6 is 0 Å². The average Bonchev–Trinajstić information content (AvgIpc) is 2.41. The molecule has 0 N–H and O–H groups in total. The van der Waals surface area contributed by atoms with E-state index in [4.69, 9.17) is 0 Å². The Morgan fingerprint density at radius 1 is 1.05 bits per heavy atom. The van der Waals surface area contributed by atoms with E-state index in [0.29, 0.717) is 17.7 Å². The van der Waals surface area contributed by atoms with E-state index >= 15 is 0 Å². The highest BCUT2D eigenvalue weighted by atomic mass is 16.2. The summed E-state index contributed by atoms with van der Waals surface area (Å²) >= 11 is 0. The molecule has 3 heteroatoms. The van der Waals surface area contributed by atoms with Crippen molar-refractivity contribution in [2.45, 2.75) is 58.8 Å². The molecule has 19 heavy (non-hydrogen) atoms. The molecule has 2 aliphatic heterocycles. The number of nitrogens with zero attached hydrogens (tertiary/aromatic N) is 2. The van der Waals surface area contributed by atoms with Crippen molar-refractivity contribution in [3.63, 3.8) is 0 Å². The zero-order valence-corrected chi connectivity index (χ0v) is 12.8. The van der Waals surface area contributed by atoms with E-state index in [9.17, 15) is 4.79 Å². The molecule has 110 valence electrons. The van der Waals surface area contributed by atoms with Crippen LogP contribution in [0.25, 0.3) is 0 Å². The fourth-order valence-electron chi connectivity index (χ4n) is 3.49. The van der Waals surface area contributed by atoms with Crippen molar-refractivity contribution in [3.05, 3.63) is 0 Å². The first-order chi connectivity index (χ1) is 9.19. The topological polar surface area (TPSA) is 23.6 Å². The third kappa shape index (κ3) is 3.71. The Labute approximate surface area is 118 Å². The second-order valence-electron chi connectivity index (χ2n) is 6.51. The lowest BCUT2D eigenvalue weighted by atomic mass is 9.72. The molecule has 0 aromatic rings. The lowest BCUT2D eigenvalue weighted by Gasteiger charge is -2.54. The molecule has 0 radical (unpaired) electrons. The Bertz CT molecular complexity index is 287. The lowest BCUT2D eigenvalue weighted by molar-refractivity contribution is -0.146. The minimum Gasteiger partial charge on any atom is -0.341 e. The van der Waals surface area contributed by atoms with Crippen LogP contribution in [0.2, 0.25) is 0 Å². The Morgan fingerprint density at radius 3 is 2.32 bits per heavy atom. The van der Waals surface area contributed by atoms with Crippen molar-refractivity contribution < 1.29 is 4.79 Å². The van der Waals surface area contributed by atoms with Crippen LogP contribution in [-0.4, -0.2) is 48.4 Å². The predicted octanol–water partition coefficient (Wildman–Crippen LogP) is 2.90. The zero-order valence-electron chi connectivity index (χ0n) is 12.8. The maximum atomic E-state index is 11.6. The number of hydrogen-bond acceptors (Lipinski definition) is 2. The second-order valence-corrected chi connectivity index (χ2v) is 6.51. The summed E-state index contributed by atoms with van der Waals surface area (Å²) in [5, 5.41) is 0. The third-order valence-corrected chi connectivity index (χ3v) is 4.95. The molecular formula is C16H30N2O. The van der Waals surface area contributed by atoms with Gasteiger partial charge in [0.15, 0.2) is 0 Å². The molecule has 0 aromatic heterocycles. The van der Waals surface area contributed by atoms with Gasteiger partial charge in [0.25, 0.3) is 0 Å². The summed E-state index contributed by atoms with van der Waals surface area (Å²) in [6, 6.07) is 0. The highest BCUT2D eigenvalue weighted by molar-refractivity contribution is 5.76. The number of rotatable bonds is 6. The van der Waals surface area contributed by atoms with Crippen LogP contribution in [0.15, 0.2) is 0 Å². The molecule has 2 heterocycles. The van der Waals surface area contributed by atoms with Gasteiger partial charge < -0.3 is 9.80 Å². The van der Waals surface area contributed by atoms with Gasteiger partial charge in [-0.15, -0.1) is 0 Å². The summed E-state index contributed by atoms with van der Waals surface area (Å²) < 4.78 is 0. The van der Waals surface area contributed by atoms with Crippen LogP contribution in [0.3, 0.4) is 0 Å². The molecule has 1 spiro atoms. The number of hydrogen-bond donors (Lipinski definition) is 0. The fraction of sp³-hybridized carbons (Fsp3) is 0.938. The van der Waals surface area contributed by atoms with E-state index in [1.54, 1.807) is 0 Å². The van der Waals surface area contributed by atoms with Crippen molar-refractivity contribution >= 4 is 5.91 Å². The van der Waals surface area contributed by atoms with Gasteiger partial charge in [0.1, 0.15) is 0 Å². The fourth-order valence-corrected chi connectivity index (χ4v) is 3.49. The molecule has 0 aliphatic carbocycles. The van der Waals surface area contributed by atoms with Gasteiger partial charge in [-0.05, 0) is 38.9 Å². The summed E-state index contributed by atoms with van der Waals surface area (Å²) in [6.07, 6.45) is 8.72. The van der Waals surface area contributed by atoms with Gasteiger partial charge in [0.05, 0.1) is 0 Å². The van der Waals surface area contributed by atoms with E-state index in [1.165, 1.54) is 58.2 Å². The quantitative estimate of drug-likeness (QED) is 0.690. The SMILES string of the molecule is CCCCCCN1CCC2(CC1)CN(C(=O)CC)C2. The Hall–Kier alpha value is -0.570. The molecule has 1 amide bonds. The number of carbonyl (C=O) groups is 1. The molecule has 0 unspecified atom stereocenters. The number of amides is 1. The van der Waals surface area contributed by atoms with Crippen molar-refractivity contribution in [2.75, 3.05) is 32.7 Å². The van der Waals surface area contributed by atoms with E-state index in [0.717, 1.165) is 13.1 Å². The van der Waals surface area contributed by atoms with Gasteiger partial charge in [-0.1, -0.05) is 33.1 Å². The Morgan fingerprint density at radius 2 is 1.74 bits per heavy atom. The minimum absolute atomic E-state index is 0.340. The van der Waals surface area contributed by atoms with Gasteiger partial charge in [-0.25, -0.2) is 0 Å². The van der Waals surface area contributed by atoms with E-state index < -0.39 is 0 Å². The Kier molecular flexibility index (Phi) is 5.26. The largest absolute Gasteiger partial charge is 0.341 e. The van der Waals surface area contributed by atoms with E-state index in [1.807, 2.05) is 6.92 Å². The number of unbranched alkanes of at least 4 members (excludes halogenated alkanes) is 3. The normalized spacial score (nSPS) is 22.5. The van der Waals surface area contributed by atoms with Crippen LogP contribution in [0.5, 0.6) is 0 Å². The van der Waals surface area contributed by atoms with Crippen LogP contribution in [0, 0.1) is 5.41 Å². The average molecular weight is 266 g/mol. The van der Waals surface area contributed by atoms with Gasteiger partial charge in [0, 0.05) is 24.9 Å². The maximum Gasteiger partial charge on any atom is 0.222 e. The molecule has 2 rings (SSSR count). The molecule has 2 aliphatic rings. The van der Waals surface area contributed by atoms with Crippen LogP contribution in [-0.2, 0) is 4.79 Å². The third-order valence-electron chi connectivity index (χ3n) is 4.95. The Balaban J connectivity index is 1.62. The van der Waals surface area contributed by atoms with Crippen LogP contribution < -0.4 is 0 Å². The molecule has 0 aromatic carbocycles.